The second kappa shape index (κ2) is 11.6. The first kappa shape index (κ1) is 28.4. The topological polar surface area (TPSA) is 46.2 Å². The van der Waals surface area contributed by atoms with Gasteiger partial charge in [-0.05, 0) is 65.5 Å². The second-order valence-corrected chi connectivity index (χ2v) is 16.2. The summed E-state index contributed by atoms with van der Waals surface area (Å²) in [6.45, 7) is 12.5. The minimum absolute atomic E-state index is 0.127. The molecule has 4 rings (SSSR count). The molecule has 2 unspecified atom stereocenters. The van der Waals surface area contributed by atoms with E-state index in [1.807, 2.05) is 30.3 Å². The van der Waals surface area contributed by atoms with E-state index in [0.717, 1.165) is 34.6 Å². The normalized spacial score (nSPS) is 18.4. The van der Waals surface area contributed by atoms with Gasteiger partial charge >= 0.3 is 0 Å². The Morgan fingerprint density at radius 1 is 0.763 bits per heavy atom. The molecule has 0 radical (unpaired) electrons. The van der Waals surface area contributed by atoms with Gasteiger partial charge in [-0.15, -0.1) is 0 Å². The lowest BCUT2D eigenvalue weighted by atomic mass is 9.79. The predicted octanol–water partition coefficient (Wildman–Crippen LogP) is 7.19. The molecule has 1 aliphatic heterocycles. The lowest BCUT2D eigenvalue weighted by molar-refractivity contribution is -0.0885. The first-order chi connectivity index (χ1) is 18.1. The Balaban J connectivity index is 1.78. The summed E-state index contributed by atoms with van der Waals surface area (Å²) in [6, 6.07) is 26.7. The summed E-state index contributed by atoms with van der Waals surface area (Å²) >= 11 is 0. The number of benzene rings is 3. The molecule has 0 amide bonds. The van der Waals surface area contributed by atoms with Gasteiger partial charge in [0.25, 0.3) is 0 Å². The van der Waals surface area contributed by atoms with Gasteiger partial charge in [-0.2, -0.15) is 0 Å². The summed E-state index contributed by atoms with van der Waals surface area (Å²) in [5.41, 5.74) is 2.22. The molecule has 0 aromatic heterocycles. The van der Waals surface area contributed by atoms with Crippen LogP contribution in [0.3, 0.4) is 0 Å². The number of hydrogen-bond acceptors (Lipinski definition) is 5. The molecular weight excluding hydrogens is 492 g/mol. The Hall–Kier alpha value is -2.64. The molecule has 0 spiro atoms. The second-order valence-electron chi connectivity index (χ2n) is 11.4. The van der Waals surface area contributed by atoms with Crippen molar-refractivity contribution in [1.82, 2.24) is 0 Å². The molecule has 0 N–H and O–H groups in total. The molecule has 204 valence electrons. The van der Waals surface area contributed by atoms with Crippen LogP contribution in [0.25, 0.3) is 0 Å². The Bertz CT molecular complexity index is 1110. The zero-order valence-corrected chi connectivity index (χ0v) is 24.8. The van der Waals surface area contributed by atoms with Gasteiger partial charge in [-0.3, -0.25) is 0 Å². The molecular formula is C32H42O5Si. The van der Waals surface area contributed by atoms with Crippen molar-refractivity contribution in [3.05, 3.63) is 95.6 Å². The summed E-state index contributed by atoms with van der Waals surface area (Å²) in [5.74, 6) is 1.60. The average Bonchev–Trinajstić information content (AvgIpc) is 3.37. The molecule has 0 bridgehead atoms. The lowest BCUT2D eigenvalue weighted by Crippen LogP contribution is -2.46. The molecule has 1 saturated heterocycles. The summed E-state index contributed by atoms with van der Waals surface area (Å²) in [5, 5.41) is 0.127. The standard InChI is InChI=1S/C32H42O5Si/c1-31(2,3)38(6,7)36-23-30-29(21-22-35-30)37-32(24-11-9-8-10-12-24,25-13-17-27(33-4)18-14-25)26-15-19-28(34-5)20-16-26/h8-20,29-30H,21-23H2,1-7H3. The molecule has 0 aliphatic carbocycles. The minimum atomic E-state index is -1.94. The minimum Gasteiger partial charge on any atom is -0.497 e. The molecule has 6 heteroatoms. The molecule has 3 aromatic carbocycles. The first-order valence-electron chi connectivity index (χ1n) is 13.4. The van der Waals surface area contributed by atoms with E-state index in [2.05, 4.69) is 82.4 Å². The highest BCUT2D eigenvalue weighted by molar-refractivity contribution is 6.74. The first-order valence-corrected chi connectivity index (χ1v) is 16.3. The molecule has 1 aliphatic rings. The van der Waals surface area contributed by atoms with Gasteiger partial charge in [-0.25, -0.2) is 0 Å². The third-order valence-electron chi connectivity index (χ3n) is 8.07. The molecule has 5 nitrogen and oxygen atoms in total. The summed E-state index contributed by atoms with van der Waals surface area (Å²) in [6.07, 6.45) is 0.500. The predicted molar refractivity (Wildman–Crippen MR) is 155 cm³/mol. The highest BCUT2D eigenvalue weighted by atomic mass is 28.4. The Morgan fingerprint density at radius 3 is 1.74 bits per heavy atom. The van der Waals surface area contributed by atoms with E-state index in [1.165, 1.54) is 0 Å². The van der Waals surface area contributed by atoms with Crippen molar-refractivity contribution < 1.29 is 23.4 Å². The van der Waals surface area contributed by atoms with Crippen molar-refractivity contribution in [1.29, 1.82) is 0 Å². The zero-order chi connectivity index (χ0) is 27.4. The lowest BCUT2D eigenvalue weighted by Gasteiger charge is -2.40. The van der Waals surface area contributed by atoms with Gasteiger partial charge in [0.05, 0.1) is 26.9 Å². The quantitative estimate of drug-likeness (QED) is 0.203. The van der Waals surface area contributed by atoms with Crippen molar-refractivity contribution in [3.8, 4) is 11.5 Å². The van der Waals surface area contributed by atoms with Gasteiger partial charge in [0.15, 0.2) is 8.32 Å². The van der Waals surface area contributed by atoms with Crippen LogP contribution in [-0.2, 0) is 19.5 Å². The van der Waals surface area contributed by atoms with Crippen molar-refractivity contribution in [2.45, 2.75) is 63.1 Å². The zero-order valence-electron chi connectivity index (χ0n) is 23.8. The van der Waals surface area contributed by atoms with Crippen molar-refractivity contribution in [2.24, 2.45) is 0 Å². The van der Waals surface area contributed by atoms with Crippen molar-refractivity contribution in [3.63, 3.8) is 0 Å². The van der Waals surface area contributed by atoms with Crippen LogP contribution in [-0.4, -0.2) is 48.0 Å². The fourth-order valence-corrected chi connectivity index (χ4v) is 5.70. The number of rotatable bonds is 10. The van der Waals surface area contributed by atoms with E-state index in [0.29, 0.717) is 13.2 Å². The summed E-state index contributed by atoms with van der Waals surface area (Å²) < 4.78 is 31.1. The number of hydrogen-bond donors (Lipinski definition) is 0. The van der Waals surface area contributed by atoms with Crippen LogP contribution in [0, 0.1) is 0 Å². The molecule has 1 fully saturated rings. The largest absolute Gasteiger partial charge is 0.497 e. The smallest absolute Gasteiger partial charge is 0.192 e. The van der Waals surface area contributed by atoms with Crippen LogP contribution in [0.15, 0.2) is 78.9 Å². The third-order valence-corrected chi connectivity index (χ3v) is 12.6. The molecule has 38 heavy (non-hydrogen) atoms. The van der Waals surface area contributed by atoms with Gasteiger partial charge in [0.2, 0.25) is 0 Å². The van der Waals surface area contributed by atoms with Gasteiger partial charge < -0.3 is 23.4 Å². The maximum absolute atomic E-state index is 7.30. The summed E-state index contributed by atoms with van der Waals surface area (Å²) in [7, 11) is 1.43. The van der Waals surface area contributed by atoms with E-state index in [-0.39, 0.29) is 17.2 Å². The van der Waals surface area contributed by atoms with Crippen LogP contribution in [0.2, 0.25) is 18.1 Å². The van der Waals surface area contributed by atoms with E-state index >= 15 is 0 Å². The van der Waals surface area contributed by atoms with E-state index in [4.69, 9.17) is 23.4 Å². The maximum atomic E-state index is 7.30. The SMILES string of the molecule is COc1ccc(C(OC2CCOC2CO[Si](C)(C)C(C)(C)C)(c2ccccc2)c2ccc(OC)cc2)cc1. The van der Waals surface area contributed by atoms with Crippen LogP contribution >= 0.6 is 0 Å². The van der Waals surface area contributed by atoms with Crippen LogP contribution < -0.4 is 9.47 Å². The number of ether oxygens (including phenoxy) is 4. The highest BCUT2D eigenvalue weighted by Gasteiger charge is 2.45. The van der Waals surface area contributed by atoms with Crippen LogP contribution in [0.1, 0.15) is 43.9 Å². The third kappa shape index (κ3) is 5.84. The number of methoxy groups -OCH3 is 2. The average molecular weight is 535 g/mol. The van der Waals surface area contributed by atoms with Gasteiger partial charge in [0, 0.05) is 6.61 Å². The van der Waals surface area contributed by atoms with Gasteiger partial charge in [-0.1, -0.05) is 75.4 Å². The monoisotopic (exact) mass is 534 g/mol. The molecule has 3 aromatic rings. The van der Waals surface area contributed by atoms with E-state index < -0.39 is 13.9 Å². The van der Waals surface area contributed by atoms with Crippen molar-refractivity contribution >= 4 is 8.32 Å². The molecule has 1 heterocycles. The Morgan fingerprint density at radius 2 is 1.26 bits per heavy atom. The maximum Gasteiger partial charge on any atom is 0.192 e. The highest BCUT2D eigenvalue weighted by Crippen LogP contribution is 2.44. The fraction of sp³-hybridized carbons (Fsp3) is 0.438. The van der Waals surface area contributed by atoms with Crippen LogP contribution in [0.4, 0.5) is 0 Å². The Kier molecular flexibility index (Phi) is 8.67. The summed E-state index contributed by atoms with van der Waals surface area (Å²) in [4.78, 5) is 0. The van der Waals surface area contributed by atoms with E-state index in [1.54, 1.807) is 14.2 Å². The molecule has 2 atom stereocenters. The van der Waals surface area contributed by atoms with Gasteiger partial charge in [0.1, 0.15) is 23.2 Å². The molecule has 0 saturated carbocycles. The van der Waals surface area contributed by atoms with Crippen molar-refractivity contribution in [2.75, 3.05) is 27.4 Å². The van der Waals surface area contributed by atoms with E-state index in [9.17, 15) is 0 Å². The Labute approximate surface area is 229 Å². The fourth-order valence-electron chi connectivity index (χ4n) is 4.68. The van der Waals surface area contributed by atoms with Crippen LogP contribution in [0.5, 0.6) is 11.5 Å².